The molecule has 96 valence electrons. The molecule has 0 aliphatic rings. The lowest BCUT2D eigenvalue weighted by Gasteiger charge is -2.14. The highest BCUT2D eigenvalue weighted by molar-refractivity contribution is 5.49. The summed E-state index contributed by atoms with van der Waals surface area (Å²) in [5, 5.41) is 3.22. The molecule has 0 aliphatic carbocycles. The third-order valence-electron chi connectivity index (χ3n) is 2.67. The van der Waals surface area contributed by atoms with Crippen LogP contribution in [0.2, 0.25) is 0 Å². The van der Waals surface area contributed by atoms with Crippen molar-refractivity contribution >= 4 is 17.6 Å². The molecule has 6 heteroatoms. The minimum Gasteiger partial charge on any atom is -0.466 e. The van der Waals surface area contributed by atoms with Crippen molar-refractivity contribution < 1.29 is 4.42 Å². The Balaban J connectivity index is 2.20. The number of rotatable bonds is 3. The van der Waals surface area contributed by atoms with E-state index >= 15 is 0 Å². The molecule has 2 rings (SSSR count). The SMILES string of the molecule is Cc1cc(C(C)Nc2cc(N)nc(N)n2)c(C)o1. The predicted octanol–water partition coefficient (Wildman–Crippen LogP) is 2.02. The van der Waals surface area contributed by atoms with Crippen LogP contribution in [0, 0.1) is 13.8 Å². The molecule has 0 fully saturated rings. The third-order valence-corrected chi connectivity index (χ3v) is 2.67. The second-order valence-electron chi connectivity index (χ2n) is 4.27. The summed E-state index contributed by atoms with van der Waals surface area (Å²) in [6.07, 6.45) is 0. The quantitative estimate of drug-likeness (QED) is 0.766. The summed E-state index contributed by atoms with van der Waals surface area (Å²) < 4.78 is 5.50. The molecule has 0 aromatic carbocycles. The zero-order valence-corrected chi connectivity index (χ0v) is 10.7. The first-order valence-electron chi connectivity index (χ1n) is 5.69. The van der Waals surface area contributed by atoms with Crippen LogP contribution in [0.4, 0.5) is 17.6 Å². The van der Waals surface area contributed by atoms with Gasteiger partial charge in [0, 0.05) is 11.6 Å². The predicted molar refractivity (Wildman–Crippen MR) is 71.1 cm³/mol. The smallest absolute Gasteiger partial charge is 0.223 e. The molecule has 0 aliphatic heterocycles. The molecular weight excluding hydrogens is 230 g/mol. The molecule has 2 heterocycles. The number of nitrogen functional groups attached to an aromatic ring is 2. The first-order chi connectivity index (χ1) is 8.45. The van der Waals surface area contributed by atoms with Gasteiger partial charge in [0.1, 0.15) is 23.2 Å². The Bertz CT molecular complexity index is 543. The van der Waals surface area contributed by atoms with Crippen LogP contribution >= 0.6 is 0 Å². The second kappa shape index (κ2) is 4.56. The molecular formula is C12H17N5O. The largest absolute Gasteiger partial charge is 0.466 e. The van der Waals surface area contributed by atoms with Gasteiger partial charge >= 0.3 is 0 Å². The number of furan rings is 1. The van der Waals surface area contributed by atoms with Gasteiger partial charge in [-0.2, -0.15) is 9.97 Å². The van der Waals surface area contributed by atoms with E-state index in [9.17, 15) is 0 Å². The standard InChI is InChI=1S/C12H17N5O/c1-6-4-9(8(3)18-6)7(2)15-11-5-10(13)16-12(14)17-11/h4-5,7H,1-3H3,(H5,13,14,15,16,17). The van der Waals surface area contributed by atoms with Gasteiger partial charge in [0.2, 0.25) is 5.95 Å². The van der Waals surface area contributed by atoms with Crippen LogP contribution in [0.15, 0.2) is 16.5 Å². The van der Waals surface area contributed by atoms with E-state index in [1.165, 1.54) is 0 Å². The summed E-state index contributed by atoms with van der Waals surface area (Å²) >= 11 is 0. The summed E-state index contributed by atoms with van der Waals surface area (Å²) in [7, 11) is 0. The fourth-order valence-corrected chi connectivity index (χ4v) is 1.94. The van der Waals surface area contributed by atoms with Crippen LogP contribution in [0.1, 0.15) is 30.0 Å². The van der Waals surface area contributed by atoms with Crippen LogP contribution < -0.4 is 16.8 Å². The first-order valence-corrected chi connectivity index (χ1v) is 5.69. The van der Waals surface area contributed by atoms with Crippen LogP contribution in [0.3, 0.4) is 0 Å². The molecule has 2 aromatic heterocycles. The molecule has 0 amide bonds. The molecule has 0 spiro atoms. The topological polar surface area (TPSA) is 103 Å². The van der Waals surface area contributed by atoms with Gasteiger partial charge in [-0.3, -0.25) is 0 Å². The van der Waals surface area contributed by atoms with Crippen LogP contribution in [-0.4, -0.2) is 9.97 Å². The van der Waals surface area contributed by atoms with Crippen LogP contribution in [0.25, 0.3) is 0 Å². The molecule has 1 unspecified atom stereocenters. The number of aryl methyl sites for hydroxylation is 2. The molecule has 1 atom stereocenters. The first kappa shape index (κ1) is 12.2. The van der Waals surface area contributed by atoms with Gasteiger partial charge < -0.3 is 21.2 Å². The minimum atomic E-state index is 0.0520. The van der Waals surface area contributed by atoms with Crippen molar-refractivity contribution in [2.24, 2.45) is 0 Å². The van der Waals surface area contributed by atoms with Gasteiger partial charge in [0.15, 0.2) is 0 Å². The maximum atomic E-state index is 5.62. The van der Waals surface area contributed by atoms with Crippen molar-refractivity contribution in [3.8, 4) is 0 Å². The van der Waals surface area contributed by atoms with Gasteiger partial charge in [-0.1, -0.05) is 0 Å². The fraction of sp³-hybridized carbons (Fsp3) is 0.333. The van der Waals surface area contributed by atoms with E-state index in [1.54, 1.807) is 6.07 Å². The Hall–Kier alpha value is -2.24. The van der Waals surface area contributed by atoms with Crippen molar-refractivity contribution in [3.63, 3.8) is 0 Å². The molecule has 6 nitrogen and oxygen atoms in total. The lowest BCUT2D eigenvalue weighted by Crippen LogP contribution is -2.10. The van der Waals surface area contributed by atoms with Crippen LogP contribution in [0.5, 0.6) is 0 Å². The fourth-order valence-electron chi connectivity index (χ4n) is 1.94. The molecule has 0 saturated heterocycles. The van der Waals surface area contributed by atoms with Crippen LogP contribution in [-0.2, 0) is 0 Å². The van der Waals surface area contributed by atoms with Gasteiger partial charge in [0.25, 0.3) is 0 Å². The lowest BCUT2D eigenvalue weighted by atomic mass is 10.1. The van der Waals surface area contributed by atoms with Gasteiger partial charge in [0.05, 0.1) is 6.04 Å². The van der Waals surface area contributed by atoms with E-state index < -0.39 is 0 Å². The van der Waals surface area contributed by atoms with Crippen molar-refractivity contribution in [2.75, 3.05) is 16.8 Å². The molecule has 5 N–H and O–H groups in total. The molecule has 0 saturated carbocycles. The van der Waals surface area contributed by atoms with Crippen molar-refractivity contribution in [1.29, 1.82) is 0 Å². The molecule has 0 bridgehead atoms. The molecule has 2 aromatic rings. The zero-order valence-electron chi connectivity index (χ0n) is 10.7. The van der Waals surface area contributed by atoms with Crippen molar-refractivity contribution in [2.45, 2.75) is 26.8 Å². The van der Waals surface area contributed by atoms with E-state index in [0.717, 1.165) is 17.1 Å². The van der Waals surface area contributed by atoms with Gasteiger partial charge in [-0.15, -0.1) is 0 Å². The molecule has 18 heavy (non-hydrogen) atoms. The second-order valence-corrected chi connectivity index (χ2v) is 4.27. The summed E-state index contributed by atoms with van der Waals surface area (Å²) in [5.74, 6) is 2.88. The van der Waals surface area contributed by atoms with Crippen molar-refractivity contribution in [3.05, 3.63) is 29.2 Å². The van der Waals surface area contributed by atoms with Crippen molar-refractivity contribution in [1.82, 2.24) is 9.97 Å². The number of nitrogens with two attached hydrogens (primary N) is 2. The maximum absolute atomic E-state index is 5.62. The maximum Gasteiger partial charge on any atom is 0.223 e. The normalized spacial score (nSPS) is 12.4. The summed E-state index contributed by atoms with van der Waals surface area (Å²) in [6, 6.07) is 3.70. The highest BCUT2D eigenvalue weighted by atomic mass is 16.3. The van der Waals surface area contributed by atoms with E-state index in [-0.39, 0.29) is 12.0 Å². The van der Waals surface area contributed by atoms with E-state index in [4.69, 9.17) is 15.9 Å². The number of hydrogen-bond donors (Lipinski definition) is 3. The lowest BCUT2D eigenvalue weighted by molar-refractivity contribution is 0.500. The zero-order chi connectivity index (χ0) is 13.3. The highest BCUT2D eigenvalue weighted by Gasteiger charge is 2.13. The number of anilines is 3. The number of aromatic nitrogens is 2. The highest BCUT2D eigenvalue weighted by Crippen LogP contribution is 2.24. The average molecular weight is 247 g/mol. The Morgan fingerprint density at radius 2 is 1.94 bits per heavy atom. The molecule has 0 radical (unpaired) electrons. The minimum absolute atomic E-state index is 0.0520. The Morgan fingerprint density at radius 1 is 1.22 bits per heavy atom. The monoisotopic (exact) mass is 247 g/mol. The van der Waals surface area contributed by atoms with E-state index in [2.05, 4.69) is 15.3 Å². The Kier molecular flexibility index (Phi) is 3.10. The average Bonchev–Trinajstić information content (AvgIpc) is 2.56. The Labute approximate surface area is 105 Å². The summed E-state index contributed by atoms with van der Waals surface area (Å²) in [4.78, 5) is 7.90. The number of hydrogen-bond acceptors (Lipinski definition) is 6. The Morgan fingerprint density at radius 3 is 2.50 bits per heavy atom. The van der Waals surface area contributed by atoms with E-state index in [1.807, 2.05) is 26.8 Å². The van der Waals surface area contributed by atoms with Gasteiger partial charge in [-0.05, 0) is 26.8 Å². The van der Waals surface area contributed by atoms with Gasteiger partial charge in [-0.25, -0.2) is 0 Å². The number of nitrogens with zero attached hydrogens (tertiary/aromatic N) is 2. The summed E-state index contributed by atoms with van der Waals surface area (Å²) in [5.41, 5.74) is 12.3. The summed E-state index contributed by atoms with van der Waals surface area (Å²) in [6.45, 7) is 5.87. The van der Waals surface area contributed by atoms with E-state index in [0.29, 0.717) is 11.6 Å². The third kappa shape index (κ3) is 2.53. The number of nitrogens with one attached hydrogen (secondary N) is 1.